The smallest absolute Gasteiger partial charge is 0.328 e. The molecule has 124 heavy (non-hydrogen) atoms. The SMILES string of the molecule is C=CC(=O)N1CCN(C(=O)CCC(=O)NCc2ccc(Cn3c(=O)[nH]c4c(N)nc(OCCOC)nc43)cc2)CC1.COCCOc1nc(N)c2[nH]c(=O)n(Cc3ccc(CNC(=O)CCC(=O)N4CCN(C(=O)CCSCC(CC(=O)CCC(N)C(=O)O)C(=O)NCC(=O)O)CC4)cc3)c2n1.NC(CCC(=O)NC(CS)C(=O)CCC(=O)O)C(=O)O.[2H]CF. The van der Waals surface area contributed by atoms with E-state index in [1.165, 1.54) is 34.1 Å². The van der Waals surface area contributed by atoms with Gasteiger partial charge in [-0.3, -0.25) is 80.6 Å². The number of Topliss-reactive ketones (excluding diaryl/α,β-unsaturated/α-hetero) is 2. The maximum Gasteiger partial charge on any atom is 0.328 e. The summed E-state index contributed by atoms with van der Waals surface area (Å²) in [6.07, 6.45) is 0.376. The van der Waals surface area contributed by atoms with E-state index in [0.29, 0.717) is 100 Å². The van der Waals surface area contributed by atoms with Crippen molar-refractivity contribution < 1.29 is 112 Å². The number of nitrogens with zero attached hydrogens (tertiary/aromatic N) is 10. The lowest BCUT2D eigenvalue weighted by Crippen LogP contribution is -2.50. The number of nitrogens with two attached hydrogens (primary N) is 4. The van der Waals surface area contributed by atoms with Gasteiger partial charge in [0.25, 0.3) is 0 Å². The summed E-state index contributed by atoms with van der Waals surface area (Å²) in [6, 6.07) is 11.5. The van der Waals surface area contributed by atoms with Crippen LogP contribution in [0.1, 0.15) is 101 Å². The van der Waals surface area contributed by atoms with Gasteiger partial charge in [0.05, 0.1) is 53.2 Å². The second kappa shape index (κ2) is 53.4. The highest BCUT2D eigenvalue weighted by Gasteiger charge is 2.29. The number of nitrogen functional groups attached to an aromatic ring is 2. The molecule has 44 nitrogen and oxygen atoms in total. The summed E-state index contributed by atoms with van der Waals surface area (Å²) in [6.45, 7) is 7.96. The minimum absolute atomic E-state index is 0.00197. The van der Waals surface area contributed by atoms with Crippen molar-refractivity contribution in [3.05, 3.63) is 104 Å². The van der Waals surface area contributed by atoms with E-state index in [9.17, 15) is 81.1 Å². The number of fused-ring (bicyclic) bond motifs is 2. The third-order valence-electron chi connectivity index (χ3n) is 18.8. The van der Waals surface area contributed by atoms with Gasteiger partial charge in [-0.1, -0.05) is 55.1 Å². The molecule has 2 aromatic carbocycles. The number of aliphatic carboxylic acids is 4. The molecule has 0 saturated carbocycles. The maximum atomic E-state index is 12.9. The molecule has 47 heteroatoms. The third kappa shape index (κ3) is 34.8. The molecule has 2 aliphatic heterocycles. The number of aromatic amines is 2. The monoisotopic (exact) mass is 1780 g/mol. The quantitative estimate of drug-likeness (QED) is 0.0118. The van der Waals surface area contributed by atoms with E-state index >= 15 is 0 Å². The molecule has 678 valence electrons. The van der Waals surface area contributed by atoms with E-state index in [2.05, 4.69) is 70.4 Å². The standard InChI is InChI=1S/C38H52N10O12S.C27H34N8O6.C11H18N2O6S.CH3F/c1-59-15-16-60-37-44-33(40)32-34(45-37)48(38(58)43-32)21-24-4-2-23(3-5-24)19-41-28(50)8-9-29(51)46-11-13-47(14-12-46)30(52)10-17-61-22-25(35(55)42-20-31(53)54)18-26(49)6-7-27(39)36(56)57;1-3-21(37)33-10-12-34(13-11-33)22(38)9-8-20(36)29-16-18-4-6-19(7-5-18)17-35-25-23(30-27(35)39)24(28)31-26(32-25)41-15-14-40-2;12-6(11(18)19)1-3-9(15)13-7(5-20)8(14)2-4-10(16)17;1-2/h2-5,25,27H,6-22,39H2,1H3,(H,41,50)(H,42,55)(H,43,58)(H,53,54)(H,56,57)(H2,40,44,45);3-7H,1,8-17H2,2H3,(H,29,36)(H,30,39)(H2,28,31,32);6-7,20H,1-5,12H2,(H,13,15)(H,16,17)(H,18,19);1H3/i;;;1D. The van der Waals surface area contributed by atoms with Gasteiger partial charge in [0.15, 0.2) is 28.7 Å². The number of carbonyl (C=O) groups is 14. The van der Waals surface area contributed by atoms with Crippen LogP contribution in [0.15, 0.2) is 70.8 Å². The average molecular weight is 1780 g/mol. The van der Waals surface area contributed by atoms with Crippen LogP contribution in [0.3, 0.4) is 0 Å². The van der Waals surface area contributed by atoms with Crippen LogP contribution in [0.4, 0.5) is 16.0 Å². The second-order valence-corrected chi connectivity index (χ2v) is 29.3. The molecule has 2 fully saturated rings. The van der Waals surface area contributed by atoms with Crippen molar-refractivity contribution in [1.29, 1.82) is 0 Å². The summed E-state index contributed by atoms with van der Waals surface area (Å²) >= 11 is 5.17. The first-order valence-electron chi connectivity index (χ1n) is 39.6. The number of carboxylic acid groups (broad SMARTS) is 4. The van der Waals surface area contributed by atoms with Gasteiger partial charge in [0.2, 0.25) is 47.3 Å². The zero-order chi connectivity index (χ0) is 92.2. The number of thiol groups is 1. The first kappa shape index (κ1) is 100. The fourth-order valence-electron chi connectivity index (χ4n) is 11.9. The van der Waals surface area contributed by atoms with Crippen molar-refractivity contribution in [3.8, 4) is 12.0 Å². The third-order valence-corrected chi connectivity index (χ3v) is 20.3. The largest absolute Gasteiger partial charge is 0.481 e. The van der Waals surface area contributed by atoms with E-state index in [1.54, 1.807) is 26.7 Å². The van der Waals surface area contributed by atoms with Crippen molar-refractivity contribution in [2.24, 2.45) is 17.4 Å². The molecule has 4 atom stereocenters. The number of alkyl halides is 1. The summed E-state index contributed by atoms with van der Waals surface area (Å²) in [5.74, 6) is -8.14. The molecule has 6 heterocycles. The predicted molar refractivity (Wildman–Crippen MR) is 450 cm³/mol. The van der Waals surface area contributed by atoms with Crippen LogP contribution in [0.2, 0.25) is 0 Å². The second-order valence-electron chi connectivity index (χ2n) is 27.8. The molecule has 8 rings (SSSR count). The fraction of sp³-hybridized carbons (Fsp3) is 0.506. The van der Waals surface area contributed by atoms with Gasteiger partial charge in [0, 0.05) is 155 Å². The van der Waals surface area contributed by atoms with Crippen LogP contribution in [-0.2, 0) is 103 Å². The highest BCUT2D eigenvalue weighted by molar-refractivity contribution is 7.99. The summed E-state index contributed by atoms with van der Waals surface area (Å²) < 4.78 is 39.2. The Balaban J connectivity index is 0.000000370. The number of aromatic nitrogens is 8. The number of hydrogen-bond acceptors (Lipinski definition) is 30. The minimum atomic E-state index is -1.25. The van der Waals surface area contributed by atoms with Crippen molar-refractivity contribution in [2.75, 3.05) is 135 Å². The number of anilines is 2. The lowest BCUT2D eigenvalue weighted by Gasteiger charge is -2.35. The first-order chi connectivity index (χ1) is 59.6. The number of piperazine rings is 2. The summed E-state index contributed by atoms with van der Waals surface area (Å²) in [5, 5.41) is 45.1. The number of methoxy groups -OCH3 is 2. The number of H-pyrrole nitrogens is 2. The molecule has 0 radical (unpaired) electrons. The number of ether oxygens (including phenoxy) is 4. The summed E-state index contributed by atoms with van der Waals surface area (Å²) in [4.78, 5) is 220. The number of halogens is 1. The number of thioether (sulfide) groups is 1. The molecule has 0 spiro atoms. The Morgan fingerprint density at radius 1 is 0.573 bits per heavy atom. The molecular weight excluding hydrogens is 1670 g/mol. The maximum absolute atomic E-state index is 12.9. The number of benzene rings is 2. The zero-order valence-electron chi connectivity index (χ0n) is 69.5. The highest BCUT2D eigenvalue weighted by atomic mass is 32.2. The Morgan fingerprint density at radius 3 is 1.40 bits per heavy atom. The molecular formula is C77H107FN20O24S2. The Hall–Kier alpha value is -12.5. The lowest BCUT2D eigenvalue weighted by molar-refractivity contribution is -0.140. The van der Waals surface area contributed by atoms with Crippen LogP contribution in [0.25, 0.3) is 22.3 Å². The fourth-order valence-corrected chi connectivity index (χ4v) is 13.2. The van der Waals surface area contributed by atoms with Gasteiger partial charge < -0.3 is 113 Å². The molecule has 8 amide bonds. The van der Waals surface area contributed by atoms with E-state index in [-0.39, 0.29) is 192 Å². The van der Waals surface area contributed by atoms with Crippen molar-refractivity contribution in [2.45, 2.75) is 121 Å². The van der Waals surface area contributed by atoms with Crippen LogP contribution < -0.4 is 65.1 Å². The predicted octanol–water partition coefficient (Wildman–Crippen LogP) is -1.42. The Morgan fingerprint density at radius 2 is 0.992 bits per heavy atom. The minimum Gasteiger partial charge on any atom is -0.481 e. The lowest BCUT2D eigenvalue weighted by atomic mass is 9.99. The number of hydrogen-bond donors (Lipinski definition) is 15. The zero-order valence-corrected chi connectivity index (χ0v) is 70.2. The molecule has 2 aliphatic rings. The van der Waals surface area contributed by atoms with Crippen LogP contribution in [0.5, 0.6) is 12.0 Å². The highest BCUT2D eigenvalue weighted by Crippen LogP contribution is 2.23. The number of imidazole rings is 2. The van der Waals surface area contributed by atoms with E-state index in [0.717, 1.165) is 22.3 Å². The van der Waals surface area contributed by atoms with Gasteiger partial charge in [0.1, 0.15) is 48.7 Å². The topological polar surface area (TPSA) is 649 Å². The van der Waals surface area contributed by atoms with Gasteiger partial charge in [-0.15, -0.1) is 0 Å². The van der Waals surface area contributed by atoms with Gasteiger partial charge in [-0.2, -0.15) is 44.3 Å². The van der Waals surface area contributed by atoms with Gasteiger partial charge in [-0.05, 0) is 41.2 Å². The normalized spacial score (nSPS) is 13.4. The molecule has 0 aliphatic carbocycles. The average Bonchev–Trinajstić information content (AvgIpc) is 1.64. The van der Waals surface area contributed by atoms with E-state index in [1.807, 2.05) is 48.5 Å². The molecule has 0 bridgehead atoms. The molecule has 18 N–H and O–H groups in total. The number of nitrogens with one attached hydrogen (secondary N) is 6. The Labute approximate surface area is 720 Å². The van der Waals surface area contributed by atoms with Crippen molar-refractivity contribution in [1.82, 2.24) is 79.9 Å². The van der Waals surface area contributed by atoms with Crippen LogP contribution >= 0.6 is 24.4 Å². The molecule has 4 aromatic heterocycles. The Kier molecular flexibility index (Phi) is 43.2. The number of amides is 8. The van der Waals surface area contributed by atoms with Crippen LogP contribution in [-0.4, -0.2) is 304 Å². The van der Waals surface area contributed by atoms with Crippen LogP contribution in [0, 0.1) is 5.92 Å². The Bertz CT molecular complexity index is 4790. The number of carbonyl (C=O) groups excluding carboxylic acids is 10. The van der Waals surface area contributed by atoms with E-state index in [4.69, 9.17) is 63.7 Å². The number of ketones is 2. The van der Waals surface area contributed by atoms with Crippen molar-refractivity contribution in [3.63, 3.8) is 0 Å². The number of carboxylic acids is 4. The summed E-state index contributed by atoms with van der Waals surface area (Å²) in [7, 11) is 2.08. The molecule has 6 aromatic rings. The molecule has 4 unspecified atom stereocenters. The van der Waals surface area contributed by atoms with Gasteiger partial charge >= 0.3 is 47.3 Å². The first-order valence-corrected chi connectivity index (χ1v) is 40.7. The van der Waals surface area contributed by atoms with Gasteiger partial charge in [-0.25, -0.2) is 9.59 Å². The van der Waals surface area contributed by atoms with E-state index < -0.39 is 84.9 Å². The summed E-state index contributed by atoms with van der Waals surface area (Å²) in [5.41, 5.74) is 26.5. The molecule has 2 saturated heterocycles. The van der Waals surface area contributed by atoms with Crippen molar-refractivity contribution >= 4 is 141 Å². The number of rotatable bonds is 47.